The molecule has 4 fully saturated rings. The maximum atomic E-state index is 13.3. The second-order valence-corrected chi connectivity index (χ2v) is 23.7. The van der Waals surface area contributed by atoms with Crippen LogP contribution in [0.2, 0.25) is 0 Å². The summed E-state index contributed by atoms with van der Waals surface area (Å²) in [6.07, 6.45) is 7.56. The number of aryl methyl sites for hydroxylation is 1. The second kappa shape index (κ2) is 29.1. The number of rotatable bonds is 16. The summed E-state index contributed by atoms with van der Waals surface area (Å²) in [6, 6.07) is 14.9. The monoisotopic (exact) mass is 1380 g/mol. The van der Waals surface area contributed by atoms with Crippen LogP contribution in [0, 0.1) is 12.3 Å². The number of carbonyl (C=O) groups is 18. The molecular weight excluding hydrogens is 1320 g/mol. The van der Waals surface area contributed by atoms with Gasteiger partial charge in [-0.2, -0.15) is 0 Å². The van der Waals surface area contributed by atoms with Crippen LogP contribution in [0.5, 0.6) is 0 Å². The van der Waals surface area contributed by atoms with Gasteiger partial charge in [0.1, 0.15) is 37.3 Å². The average Bonchev–Trinajstić information content (AvgIpc) is 1.49. The molecule has 4 aromatic carbocycles. The number of anilines is 4. The third kappa shape index (κ3) is 14.4. The van der Waals surface area contributed by atoms with Crippen molar-refractivity contribution < 1.29 is 86.3 Å². The van der Waals surface area contributed by atoms with E-state index in [4.69, 9.17) is 12.0 Å². The van der Waals surface area contributed by atoms with Crippen molar-refractivity contribution in [2.24, 2.45) is 5.11 Å². The third-order valence-electron chi connectivity index (χ3n) is 17.2. The van der Waals surface area contributed by atoms with Crippen LogP contribution in [0.25, 0.3) is 10.4 Å². The van der Waals surface area contributed by atoms with E-state index in [0.717, 1.165) is 9.80 Å². The van der Waals surface area contributed by atoms with Crippen LogP contribution in [0.3, 0.4) is 0 Å². The van der Waals surface area contributed by atoms with Crippen LogP contribution in [-0.4, -0.2) is 172 Å². The molecule has 9 heterocycles. The number of benzene rings is 4. The molecule has 13 rings (SSSR count). The lowest BCUT2D eigenvalue weighted by atomic mass is 10.0. The molecule has 1 aromatic heterocycles. The van der Waals surface area contributed by atoms with Crippen LogP contribution < -0.4 is 42.5 Å². The Morgan fingerprint density at radius 3 is 1.33 bits per heavy atom. The van der Waals surface area contributed by atoms with Crippen molar-refractivity contribution in [2.45, 2.75) is 114 Å². The molecule has 0 radical (unpaired) electrons. The molecule has 0 bridgehead atoms. The van der Waals surface area contributed by atoms with E-state index in [1.54, 1.807) is 36.4 Å². The van der Waals surface area contributed by atoms with Gasteiger partial charge in [0, 0.05) is 96.4 Å². The van der Waals surface area contributed by atoms with E-state index in [1.165, 1.54) is 57.1 Å². The number of carbonyl (C=O) groups excluding carboxylic acids is 18. The first kappa shape index (κ1) is 68.9. The first-order chi connectivity index (χ1) is 48.4. The fourth-order valence-corrected chi connectivity index (χ4v) is 12.5. The van der Waals surface area contributed by atoms with Crippen molar-refractivity contribution in [3.8, 4) is 12.3 Å². The standard InChI is InChI=1S/C33H29N9O9.C17H15N3O4.C15H12N6O5/c43-24(34-20-5-1-3-17-19(20)14-41(31(17)49)22-8-11-25(44)36-29(22)47)10-7-16-13-40(39-38-16)15-27(46)35-21-6-2-4-18-28(21)33(51)42(32(18)50)23-9-12-26(45)37-30(23)48;1-2-4-14(21)18-12-6-3-5-10-11(12)9-20(17(10)24)13-7-8-15(22)19-16(13)23;16-20-17-6-11(23)18-8-3-1-2-7-12(8)15(26)21(14(7)25)9-4-5-10(22)19-13(9)24/h1-6,13,22-23H,7-12,14-15H2,(H,34,43)(H,35,46)(H,36,44,47)(H,37,45,48);1,3,5-6,13H,4,7-9H2,(H,18,21)(H,19,22,23);1-3,9H,4-6H2,(H,18,23)(H,19,22,24). The summed E-state index contributed by atoms with van der Waals surface area (Å²) >= 11 is 0. The molecule has 4 saturated heterocycles. The predicted molar refractivity (Wildman–Crippen MR) is 342 cm³/mol. The van der Waals surface area contributed by atoms with Gasteiger partial charge in [0.2, 0.25) is 70.9 Å². The fraction of sp³-hybridized carbons (Fsp3) is 0.292. The molecule has 0 saturated carbocycles. The van der Waals surface area contributed by atoms with Crippen LogP contribution in [-0.2, 0) is 83.6 Å². The normalized spacial score (nSPS) is 19.6. The van der Waals surface area contributed by atoms with E-state index >= 15 is 0 Å². The van der Waals surface area contributed by atoms with Crippen molar-refractivity contribution in [3.05, 3.63) is 140 Å². The first-order valence-electron chi connectivity index (χ1n) is 31.2. The number of imide groups is 6. The molecular formula is C65H56N18O18. The lowest BCUT2D eigenvalue weighted by Crippen LogP contribution is -2.54. The molecule has 36 heteroatoms. The highest BCUT2D eigenvalue weighted by molar-refractivity contribution is 6.27. The smallest absolute Gasteiger partial charge is 0.264 e. The summed E-state index contributed by atoms with van der Waals surface area (Å²) in [5, 5.41) is 30.4. The van der Waals surface area contributed by atoms with Gasteiger partial charge in [0.25, 0.3) is 35.4 Å². The zero-order valence-corrected chi connectivity index (χ0v) is 52.8. The van der Waals surface area contributed by atoms with E-state index in [9.17, 15) is 86.3 Å². The molecule has 4 atom stereocenters. The van der Waals surface area contributed by atoms with E-state index in [2.05, 4.69) is 68.8 Å². The number of nitrogens with zero attached hydrogens (tertiary/aromatic N) is 10. The summed E-state index contributed by atoms with van der Waals surface area (Å²) in [7, 11) is 0. The van der Waals surface area contributed by atoms with Gasteiger partial charge < -0.3 is 31.1 Å². The van der Waals surface area contributed by atoms with Gasteiger partial charge >= 0.3 is 0 Å². The SMILES string of the molecule is C#CCC(=O)Nc1cccc2c1CN(C1CCC(=O)NC1=O)C2=O.O=C1CCC(N2Cc3c(NC(=O)CCc4cn(CC(=O)Nc5cccc6c5C(=O)N(C5CCC(=O)NC5=O)C6=O)nn4)cccc3C2=O)C(=O)N1.[N-]=[N+]=NCC(=O)Nc1cccc2c1C(=O)N(C1CCC(=O)NC1=O)C2=O. The van der Waals surface area contributed by atoms with E-state index in [-0.39, 0.29) is 153 Å². The molecule has 101 heavy (non-hydrogen) atoms. The van der Waals surface area contributed by atoms with Gasteiger partial charge in [-0.1, -0.05) is 40.5 Å². The zero-order valence-electron chi connectivity index (χ0n) is 52.8. The number of hydrogen-bond donors (Lipinski definition) is 8. The Hall–Kier alpha value is -13.5. The van der Waals surface area contributed by atoms with Crippen molar-refractivity contribution in [3.63, 3.8) is 0 Å². The minimum atomic E-state index is -1.15. The van der Waals surface area contributed by atoms with Gasteiger partial charge in [0.15, 0.2) is 0 Å². The molecule has 8 N–H and O–H groups in total. The Labute approximate surface area is 568 Å². The van der Waals surface area contributed by atoms with E-state index in [1.807, 2.05) is 0 Å². The number of piperidine rings is 4. The number of azide groups is 1. The minimum Gasteiger partial charge on any atom is -0.326 e. The highest BCUT2D eigenvalue weighted by atomic mass is 16.2. The molecule has 0 aliphatic carbocycles. The number of aromatic nitrogens is 3. The van der Waals surface area contributed by atoms with Crippen molar-refractivity contribution in [1.82, 2.24) is 55.9 Å². The highest BCUT2D eigenvalue weighted by Gasteiger charge is 2.48. The molecule has 4 unspecified atom stereocenters. The molecule has 18 amide bonds. The quantitative estimate of drug-likeness (QED) is 0.0218. The zero-order chi connectivity index (χ0) is 72.1. The van der Waals surface area contributed by atoms with Crippen molar-refractivity contribution >= 4 is 129 Å². The van der Waals surface area contributed by atoms with Gasteiger partial charge in [-0.15, -0.1) is 11.5 Å². The number of hydrogen-bond acceptors (Lipinski definition) is 21. The summed E-state index contributed by atoms with van der Waals surface area (Å²) in [5.41, 5.74) is 11.7. The summed E-state index contributed by atoms with van der Waals surface area (Å²) in [5.74, 6) is -7.34. The summed E-state index contributed by atoms with van der Waals surface area (Å²) < 4.78 is 1.24. The Kier molecular flexibility index (Phi) is 19.9. The molecule has 8 aliphatic rings. The number of fused-ring (bicyclic) bond motifs is 4. The molecule has 0 spiro atoms. The minimum absolute atomic E-state index is 0.00463. The summed E-state index contributed by atoms with van der Waals surface area (Å²) in [6.45, 7) is -0.483. The lowest BCUT2D eigenvalue weighted by Gasteiger charge is -2.29. The van der Waals surface area contributed by atoms with Crippen molar-refractivity contribution in [2.75, 3.05) is 27.8 Å². The largest absolute Gasteiger partial charge is 0.326 e. The molecule has 5 aromatic rings. The van der Waals surface area contributed by atoms with Crippen LogP contribution >= 0.6 is 0 Å². The Balaban J connectivity index is 0.000000171. The van der Waals surface area contributed by atoms with Crippen molar-refractivity contribution in [1.29, 1.82) is 0 Å². The van der Waals surface area contributed by atoms with Gasteiger partial charge in [-0.3, -0.25) is 117 Å². The Morgan fingerprint density at radius 1 is 0.505 bits per heavy atom. The number of nitrogens with one attached hydrogen (secondary N) is 8. The molecule has 36 nitrogen and oxygen atoms in total. The highest BCUT2D eigenvalue weighted by Crippen LogP contribution is 2.37. The maximum Gasteiger partial charge on any atom is 0.264 e. The Morgan fingerprint density at radius 2 is 0.901 bits per heavy atom. The van der Waals surface area contributed by atoms with E-state index < -0.39 is 102 Å². The predicted octanol–water partition coefficient (Wildman–Crippen LogP) is 0.396. The van der Waals surface area contributed by atoms with Crippen LogP contribution in [0.4, 0.5) is 22.7 Å². The fourth-order valence-electron chi connectivity index (χ4n) is 12.5. The first-order valence-corrected chi connectivity index (χ1v) is 31.2. The number of amides is 18. The van der Waals surface area contributed by atoms with Crippen LogP contribution in [0.1, 0.15) is 143 Å². The maximum absolute atomic E-state index is 13.3. The Bertz CT molecular complexity index is 4640. The van der Waals surface area contributed by atoms with Crippen LogP contribution in [0.15, 0.2) is 84.1 Å². The average molecular weight is 1380 g/mol. The molecule has 8 aliphatic heterocycles. The second-order valence-electron chi connectivity index (χ2n) is 23.7. The molecule has 514 valence electrons. The van der Waals surface area contributed by atoms with E-state index in [0.29, 0.717) is 45.7 Å². The number of terminal acetylenes is 1. The lowest BCUT2D eigenvalue weighted by molar-refractivity contribution is -0.138. The third-order valence-corrected chi connectivity index (χ3v) is 17.2. The summed E-state index contributed by atoms with van der Waals surface area (Å²) in [4.78, 5) is 228. The van der Waals surface area contributed by atoms with Gasteiger partial charge in [-0.25, -0.2) is 4.68 Å². The topological polar surface area (TPSA) is 496 Å². The van der Waals surface area contributed by atoms with Gasteiger partial charge in [0.05, 0.1) is 45.7 Å². The van der Waals surface area contributed by atoms with Gasteiger partial charge in [-0.05, 0) is 79.7 Å².